The summed E-state index contributed by atoms with van der Waals surface area (Å²) in [6, 6.07) is 5.78. The number of carbonyl (C=O) groups excluding carboxylic acids is 1. The maximum Gasteiger partial charge on any atom is 0.312 e. The molecular formula is C24H34N2O5. The first-order valence-electron chi connectivity index (χ1n) is 11.4. The van der Waals surface area contributed by atoms with Crippen LogP contribution in [0.4, 0.5) is 0 Å². The number of ether oxygens (including phenoxy) is 3. The number of hydrogen-bond acceptors (Lipinski definition) is 7. The largest absolute Gasteiger partial charge is 0.492 e. The van der Waals surface area contributed by atoms with Crippen LogP contribution in [0, 0.1) is 17.3 Å². The van der Waals surface area contributed by atoms with Crippen LogP contribution in [0.25, 0.3) is 11.0 Å². The topological polar surface area (TPSA) is 74.0 Å². The number of piperidine rings is 1. The maximum absolute atomic E-state index is 11.9. The molecule has 7 nitrogen and oxygen atoms in total. The van der Waals surface area contributed by atoms with E-state index in [1.54, 1.807) is 0 Å². The molecule has 0 atom stereocenters. The van der Waals surface area contributed by atoms with Crippen LogP contribution >= 0.6 is 0 Å². The molecule has 0 amide bonds. The smallest absolute Gasteiger partial charge is 0.312 e. The summed E-state index contributed by atoms with van der Waals surface area (Å²) >= 11 is 0. The van der Waals surface area contributed by atoms with Crippen LogP contribution in [0.3, 0.4) is 0 Å². The molecule has 2 fully saturated rings. The van der Waals surface area contributed by atoms with Crippen LogP contribution in [-0.4, -0.2) is 49.1 Å². The second-order valence-electron chi connectivity index (χ2n) is 9.91. The van der Waals surface area contributed by atoms with Gasteiger partial charge in [-0.1, -0.05) is 12.5 Å². The molecule has 2 heterocycles. The zero-order chi connectivity index (χ0) is 21.8. The molecule has 1 aromatic heterocycles. The van der Waals surface area contributed by atoms with E-state index in [0.717, 1.165) is 43.7 Å². The van der Waals surface area contributed by atoms with E-state index in [-0.39, 0.29) is 5.97 Å². The zero-order valence-corrected chi connectivity index (χ0v) is 18.9. The van der Waals surface area contributed by atoms with Crippen molar-refractivity contribution in [2.45, 2.75) is 52.9 Å². The SMILES string of the molecule is CC(C)(C)C(=O)OCN1CCC(COc2noc3cccc(OCC4CCC4)c23)CC1. The summed E-state index contributed by atoms with van der Waals surface area (Å²) in [7, 11) is 0. The Morgan fingerprint density at radius 3 is 2.48 bits per heavy atom. The minimum Gasteiger partial charge on any atom is -0.492 e. The van der Waals surface area contributed by atoms with Crippen molar-refractivity contribution < 1.29 is 23.5 Å². The average Bonchev–Trinajstić information content (AvgIpc) is 3.13. The molecule has 0 radical (unpaired) electrons. The lowest BCUT2D eigenvalue weighted by atomic mass is 9.86. The molecule has 7 heteroatoms. The Kier molecular flexibility index (Phi) is 6.70. The van der Waals surface area contributed by atoms with Crippen molar-refractivity contribution in [2.24, 2.45) is 17.3 Å². The number of carbonyl (C=O) groups is 1. The molecule has 0 N–H and O–H groups in total. The van der Waals surface area contributed by atoms with Crippen LogP contribution in [0.5, 0.6) is 11.6 Å². The number of hydrogen-bond donors (Lipinski definition) is 0. The Balaban J connectivity index is 1.26. The van der Waals surface area contributed by atoms with Crippen molar-refractivity contribution in [1.82, 2.24) is 10.1 Å². The van der Waals surface area contributed by atoms with Crippen molar-refractivity contribution in [3.63, 3.8) is 0 Å². The minimum absolute atomic E-state index is 0.161. The van der Waals surface area contributed by atoms with Crippen molar-refractivity contribution in [1.29, 1.82) is 0 Å². The standard InChI is InChI=1S/C24H34N2O5/c1-24(2,3)23(27)30-16-26-12-10-18(11-13-26)15-29-22-21-19(28-14-17-6-4-7-17)8-5-9-20(21)31-25-22/h5,8-9,17-18H,4,6-7,10-16H2,1-3H3. The molecule has 0 bridgehead atoms. The normalized spacial score (nSPS) is 18.7. The second kappa shape index (κ2) is 9.47. The molecule has 1 aromatic carbocycles. The molecule has 1 saturated carbocycles. The number of benzene rings is 1. The average molecular weight is 431 g/mol. The molecule has 2 aromatic rings. The van der Waals surface area contributed by atoms with Gasteiger partial charge in [0, 0.05) is 13.1 Å². The van der Waals surface area contributed by atoms with Crippen LogP contribution in [0.2, 0.25) is 0 Å². The van der Waals surface area contributed by atoms with Crippen LogP contribution in [-0.2, 0) is 9.53 Å². The van der Waals surface area contributed by atoms with Gasteiger partial charge in [-0.15, -0.1) is 0 Å². The monoisotopic (exact) mass is 430 g/mol. The molecule has 0 spiro atoms. The van der Waals surface area contributed by atoms with Gasteiger partial charge < -0.3 is 18.7 Å². The van der Waals surface area contributed by atoms with Crippen molar-refractivity contribution >= 4 is 16.9 Å². The summed E-state index contributed by atoms with van der Waals surface area (Å²) in [5.74, 6) is 2.24. The van der Waals surface area contributed by atoms with Gasteiger partial charge in [0.25, 0.3) is 5.88 Å². The molecule has 1 aliphatic carbocycles. The molecule has 31 heavy (non-hydrogen) atoms. The van der Waals surface area contributed by atoms with Gasteiger partial charge in [0.05, 0.1) is 18.6 Å². The van der Waals surface area contributed by atoms with Gasteiger partial charge in [0.1, 0.15) is 17.9 Å². The highest BCUT2D eigenvalue weighted by molar-refractivity contribution is 5.88. The van der Waals surface area contributed by atoms with Crippen molar-refractivity contribution in [2.75, 3.05) is 33.0 Å². The number of likely N-dealkylation sites (tertiary alicyclic amines) is 1. The fraction of sp³-hybridized carbons (Fsp3) is 0.667. The summed E-state index contributed by atoms with van der Waals surface area (Å²) in [6.07, 6.45) is 5.79. The van der Waals surface area contributed by atoms with E-state index < -0.39 is 5.41 Å². The Bertz CT molecular complexity index is 876. The van der Waals surface area contributed by atoms with Gasteiger partial charge >= 0.3 is 5.97 Å². The van der Waals surface area contributed by atoms with Crippen LogP contribution in [0.1, 0.15) is 52.9 Å². The van der Waals surface area contributed by atoms with Crippen LogP contribution < -0.4 is 9.47 Å². The molecule has 4 rings (SSSR count). The first-order valence-corrected chi connectivity index (χ1v) is 11.4. The van der Waals surface area contributed by atoms with E-state index in [4.69, 9.17) is 18.7 Å². The second-order valence-corrected chi connectivity index (χ2v) is 9.91. The fourth-order valence-electron chi connectivity index (χ4n) is 3.87. The number of esters is 1. The fourth-order valence-corrected chi connectivity index (χ4v) is 3.87. The summed E-state index contributed by atoms with van der Waals surface area (Å²) in [6.45, 7) is 9.08. The van der Waals surface area contributed by atoms with E-state index in [9.17, 15) is 4.79 Å². The van der Waals surface area contributed by atoms with Gasteiger partial charge in [-0.25, -0.2) is 0 Å². The molecular weight excluding hydrogens is 396 g/mol. The minimum atomic E-state index is -0.465. The number of rotatable bonds is 8. The highest BCUT2D eigenvalue weighted by atomic mass is 16.5. The van der Waals surface area contributed by atoms with E-state index in [1.165, 1.54) is 19.3 Å². The highest BCUT2D eigenvalue weighted by Gasteiger charge is 2.26. The maximum atomic E-state index is 11.9. The first kappa shape index (κ1) is 21.9. The summed E-state index contributed by atoms with van der Waals surface area (Å²) in [5.41, 5.74) is 0.226. The Morgan fingerprint density at radius 1 is 1.10 bits per heavy atom. The van der Waals surface area contributed by atoms with Gasteiger partial charge in [-0.2, -0.15) is 0 Å². The number of aromatic nitrogens is 1. The predicted octanol–water partition coefficient (Wildman–Crippen LogP) is 4.64. The first-order chi connectivity index (χ1) is 14.9. The molecule has 1 aliphatic heterocycles. The third-order valence-electron chi connectivity index (χ3n) is 6.28. The van der Waals surface area contributed by atoms with Crippen molar-refractivity contribution in [3.8, 4) is 11.6 Å². The lowest BCUT2D eigenvalue weighted by Crippen LogP contribution is -2.38. The third-order valence-corrected chi connectivity index (χ3v) is 6.28. The molecule has 1 saturated heterocycles. The Labute approximate surface area is 184 Å². The third kappa shape index (κ3) is 5.50. The lowest BCUT2D eigenvalue weighted by molar-refractivity contribution is -0.158. The van der Waals surface area contributed by atoms with E-state index in [0.29, 0.717) is 36.6 Å². The van der Waals surface area contributed by atoms with E-state index >= 15 is 0 Å². The number of nitrogens with zero attached hydrogens (tertiary/aromatic N) is 2. The summed E-state index contributed by atoms with van der Waals surface area (Å²) in [4.78, 5) is 14.1. The Morgan fingerprint density at radius 2 is 1.81 bits per heavy atom. The van der Waals surface area contributed by atoms with Crippen LogP contribution in [0.15, 0.2) is 22.7 Å². The number of fused-ring (bicyclic) bond motifs is 1. The zero-order valence-electron chi connectivity index (χ0n) is 18.9. The molecule has 170 valence electrons. The van der Waals surface area contributed by atoms with E-state index in [2.05, 4.69) is 10.1 Å². The van der Waals surface area contributed by atoms with Gasteiger partial charge in [0.2, 0.25) is 0 Å². The predicted molar refractivity (Wildman–Crippen MR) is 117 cm³/mol. The molecule has 0 unspecified atom stereocenters. The van der Waals surface area contributed by atoms with Gasteiger partial charge in [-0.05, 0) is 75.6 Å². The van der Waals surface area contributed by atoms with Gasteiger partial charge in [-0.3, -0.25) is 9.69 Å². The Hall–Kier alpha value is -2.28. The van der Waals surface area contributed by atoms with E-state index in [1.807, 2.05) is 39.0 Å². The summed E-state index contributed by atoms with van der Waals surface area (Å²) < 4.78 is 23.0. The molecule has 2 aliphatic rings. The van der Waals surface area contributed by atoms with Gasteiger partial charge in [0.15, 0.2) is 5.58 Å². The van der Waals surface area contributed by atoms with Crippen molar-refractivity contribution in [3.05, 3.63) is 18.2 Å². The quantitative estimate of drug-likeness (QED) is 0.565. The lowest BCUT2D eigenvalue weighted by Gasteiger charge is -2.31. The highest BCUT2D eigenvalue weighted by Crippen LogP contribution is 2.35. The summed E-state index contributed by atoms with van der Waals surface area (Å²) in [5, 5.41) is 4.97.